The van der Waals surface area contributed by atoms with Crippen LogP contribution in [0.1, 0.15) is 52.2 Å². The Morgan fingerprint density at radius 1 is 0.975 bits per heavy atom. The molecular formula is C25H17ClF11NO2. The molecule has 0 heterocycles. The van der Waals surface area contributed by atoms with Crippen molar-refractivity contribution in [3.05, 3.63) is 75.6 Å². The van der Waals surface area contributed by atoms with Gasteiger partial charge in [0.1, 0.15) is 24.1 Å². The second kappa shape index (κ2) is 11.0. The van der Waals surface area contributed by atoms with Gasteiger partial charge in [-0.2, -0.15) is 39.5 Å². The third-order valence-corrected chi connectivity index (χ3v) is 6.44. The molecule has 1 atom stereocenters. The van der Waals surface area contributed by atoms with E-state index in [0.29, 0.717) is 30.3 Å². The van der Waals surface area contributed by atoms with Gasteiger partial charge in [-0.05, 0) is 42.7 Å². The largest absolute Gasteiger partial charge is 0.417 e. The van der Waals surface area contributed by atoms with Crippen LogP contribution in [0.15, 0.2) is 42.5 Å². The molecule has 1 fully saturated rings. The molecule has 2 aromatic rings. The van der Waals surface area contributed by atoms with E-state index in [0.717, 1.165) is 0 Å². The van der Waals surface area contributed by atoms with Crippen LogP contribution >= 0.6 is 11.6 Å². The van der Waals surface area contributed by atoms with Gasteiger partial charge in [-0.15, -0.1) is 0 Å². The first-order valence-corrected chi connectivity index (χ1v) is 11.6. The van der Waals surface area contributed by atoms with Crippen molar-refractivity contribution in [3.8, 4) is 0 Å². The average Bonchev–Trinajstić information content (AvgIpc) is 3.61. The van der Waals surface area contributed by atoms with Crippen LogP contribution in [0.25, 0.3) is 5.83 Å². The maximum absolute atomic E-state index is 14.9. The molecule has 1 aliphatic carbocycles. The minimum Gasteiger partial charge on any atom is -0.346 e. The van der Waals surface area contributed by atoms with Crippen molar-refractivity contribution in [2.24, 2.45) is 5.41 Å². The maximum atomic E-state index is 14.9. The van der Waals surface area contributed by atoms with E-state index in [4.69, 9.17) is 11.6 Å². The van der Waals surface area contributed by atoms with Gasteiger partial charge in [-0.25, -0.2) is 8.78 Å². The molecule has 2 aromatic carbocycles. The minimum atomic E-state index is -5.30. The molecule has 15 heteroatoms. The summed E-state index contributed by atoms with van der Waals surface area (Å²) in [7, 11) is 0. The molecule has 0 aliphatic heterocycles. The van der Waals surface area contributed by atoms with Crippen molar-refractivity contribution in [1.82, 2.24) is 5.32 Å². The fraction of sp³-hybridized carbons (Fsp3) is 0.360. The molecular weight excluding hydrogens is 591 g/mol. The van der Waals surface area contributed by atoms with Crippen LogP contribution in [0.3, 0.4) is 0 Å². The molecule has 0 radical (unpaired) electrons. The summed E-state index contributed by atoms with van der Waals surface area (Å²) in [5, 5.41) is 0.880. The van der Waals surface area contributed by atoms with Gasteiger partial charge in [-0.3, -0.25) is 9.59 Å². The molecule has 3 rings (SSSR count). The van der Waals surface area contributed by atoms with Crippen LogP contribution in [-0.2, 0) is 11.0 Å². The Hall–Kier alpha value is -3.16. The van der Waals surface area contributed by atoms with Crippen molar-refractivity contribution in [2.45, 2.75) is 43.7 Å². The first-order chi connectivity index (χ1) is 18.2. The molecule has 40 heavy (non-hydrogen) atoms. The molecule has 218 valence electrons. The van der Waals surface area contributed by atoms with Crippen molar-refractivity contribution < 1.29 is 57.9 Å². The van der Waals surface area contributed by atoms with Crippen molar-refractivity contribution in [1.29, 1.82) is 0 Å². The highest BCUT2D eigenvalue weighted by atomic mass is 35.5. The number of ketones is 1. The lowest BCUT2D eigenvalue weighted by Crippen LogP contribution is -2.39. The summed E-state index contributed by atoms with van der Waals surface area (Å²) in [6.45, 7) is -1.71. The third-order valence-electron chi connectivity index (χ3n) is 6.15. The standard InChI is InChI=1S/C25H17ClF11NO2/c26-17-8-12(2-4-18(17)27)15(24(32,33)34)9-19(28)13-1-3-14(16(7-13)25(35,36)37)20(39)10-22(5-6-22)21(40)38-11-23(29,30)31/h1-4,7-9,15H,5-6,10-11H2,(H,38,40)/b19-9-. The number of amides is 1. The Labute approximate surface area is 224 Å². The Bertz CT molecular complexity index is 1330. The highest BCUT2D eigenvalue weighted by Gasteiger charge is 2.52. The fourth-order valence-electron chi connectivity index (χ4n) is 3.90. The number of carbonyl (C=O) groups excluding carboxylic acids is 2. The lowest BCUT2D eigenvalue weighted by molar-refractivity contribution is -0.141. The van der Waals surface area contributed by atoms with Crippen LogP contribution in [0.2, 0.25) is 5.02 Å². The van der Waals surface area contributed by atoms with E-state index in [9.17, 15) is 57.9 Å². The number of hydrogen-bond acceptors (Lipinski definition) is 2. The molecule has 0 spiro atoms. The van der Waals surface area contributed by atoms with E-state index in [2.05, 4.69) is 0 Å². The first-order valence-electron chi connectivity index (χ1n) is 11.2. The third kappa shape index (κ3) is 7.52. The lowest BCUT2D eigenvalue weighted by atomic mass is 9.90. The summed E-state index contributed by atoms with van der Waals surface area (Å²) in [5.41, 5.74) is -6.09. The number of rotatable bonds is 8. The molecule has 0 aromatic heterocycles. The number of nitrogens with one attached hydrogen (secondary N) is 1. The summed E-state index contributed by atoms with van der Waals surface area (Å²) >= 11 is 5.50. The average molecular weight is 608 g/mol. The van der Waals surface area contributed by atoms with Crippen molar-refractivity contribution in [3.63, 3.8) is 0 Å². The van der Waals surface area contributed by atoms with Gasteiger partial charge in [0.05, 0.1) is 16.0 Å². The quantitative estimate of drug-likeness (QED) is 0.243. The number of alkyl halides is 9. The van der Waals surface area contributed by atoms with Gasteiger partial charge >= 0.3 is 18.5 Å². The van der Waals surface area contributed by atoms with Crippen LogP contribution in [-0.4, -0.2) is 30.6 Å². The number of halogens is 12. The second-order valence-corrected chi connectivity index (χ2v) is 9.55. The van der Waals surface area contributed by atoms with Crippen LogP contribution in [0.4, 0.5) is 48.3 Å². The molecule has 0 saturated heterocycles. The van der Waals surface area contributed by atoms with E-state index < -0.39 is 93.4 Å². The zero-order valence-electron chi connectivity index (χ0n) is 19.8. The summed E-state index contributed by atoms with van der Waals surface area (Å²) in [6.07, 6.45) is -16.3. The predicted molar refractivity (Wildman–Crippen MR) is 120 cm³/mol. The second-order valence-electron chi connectivity index (χ2n) is 9.14. The smallest absolute Gasteiger partial charge is 0.346 e. The van der Waals surface area contributed by atoms with Gasteiger partial charge in [0.2, 0.25) is 5.91 Å². The number of benzene rings is 2. The van der Waals surface area contributed by atoms with E-state index >= 15 is 0 Å². The maximum Gasteiger partial charge on any atom is 0.417 e. The molecule has 1 unspecified atom stereocenters. The van der Waals surface area contributed by atoms with Crippen LogP contribution in [0, 0.1) is 11.2 Å². The van der Waals surface area contributed by atoms with E-state index in [1.54, 1.807) is 5.32 Å². The van der Waals surface area contributed by atoms with Crippen molar-refractivity contribution >= 4 is 29.1 Å². The van der Waals surface area contributed by atoms with E-state index in [1.165, 1.54) is 0 Å². The predicted octanol–water partition coefficient (Wildman–Crippen LogP) is 8.19. The first kappa shape index (κ1) is 31.4. The summed E-state index contributed by atoms with van der Waals surface area (Å²) in [4.78, 5) is 24.8. The highest BCUT2D eigenvalue weighted by molar-refractivity contribution is 6.30. The van der Waals surface area contributed by atoms with Gasteiger partial charge in [-0.1, -0.05) is 29.8 Å². The molecule has 0 bridgehead atoms. The molecule has 3 nitrogen and oxygen atoms in total. The molecule has 1 N–H and O–H groups in total. The zero-order valence-corrected chi connectivity index (χ0v) is 20.6. The van der Waals surface area contributed by atoms with Gasteiger partial charge < -0.3 is 5.32 Å². The Kier molecular flexibility index (Phi) is 8.64. The summed E-state index contributed by atoms with van der Waals surface area (Å²) in [5.74, 6) is -7.99. The zero-order chi connectivity index (χ0) is 30.3. The Balaban J connectivity index is 1.94. The minimum absolute atomic E-state index is 0.0370. The number of carbonyl (C=O) groups is 2. The van der Waals surface area contributed by atoms with Gasteiger partial charge in [0, 0.05) is 17.5 Å². The van der Waals surface area contributed by atoms with E-state index in [1.807, 2.05) is 0 Å². The topological polar surface area (TPSA) is 46.2 Å². The molecule has 1 amide bonds. The summed E-state index contributed by atoms with van der Waals surface area (Å²) in [6, 6.07) is 3.08. The van der Waals surface area contributed by atoms with Gasteiger partial charge in [0.25, 0.3) is 0 Å². The Morgan fingerprint density at radius 2 is 1.60 bits per heavy atom. The van der Waals surface area contributed by atoms with Crippen molar-refractivity contribution in [2.75, 3.05) is 6.54 Å². The normalized spacial score (nSPS) is 16.4. The molecule has 1 aliphatic rings. The van der Waals surface area contributed by atoms with Crippen LogP contribution in [0.5, 0.6) is 0 Å². The Morgan fingerprint density at radius 3 is 2.10 bits per heavy atom. The number of allylic oxidation sites excluding steroid dienone is 1. The lowest BCUT2D eigenvalue weighted by Gasteiger charge is -2.19. The summed E-state index contributed by atoms with van der Waals surface area (Å²) < 4.78 is 148. The van der Waals surface area contributed by atoms with Gasteiger partial charge in [0.15, 0.2) is 5.78 Å². The fourth-order valence-corrected chi connectivity index (χ4v) is 4.09. The monoisotopic (exact) mass is 607 g/mol. The molecule has 1 saturated carbocycles. The van der Waals surface area contributed by atoms with Crippen LogP contribution < -0.4 is 5.32 Å². The SMILES string of the molecule is O=C(CC1(C(=O)NCC(F)(F)F)CC1)c1ccc(/C(F)=C/C(c2ccc(F)c(Cl)c2)C(F)(F)F)cc1C(F)(F)F. The van der Waals surface area contributed by atoms with E-state index in [-0.39, 0.29) is 25.0 Å². The number of hydrogen-bond donors (Lipinski definition) is 1. The highest BCUT2D eigenvalue weighted by Crippen LogP contribution is 2.50. The number of Topliss-reactive ketones (excluding diaryl/α,β-unsaturated/α-hetero) is 1.